The molecule has 92 valence electrons. The first-order chi connectivity index (χ1) is 7.60. The van der Waals surface area contributed by atoms with Crippen LogP contribution in [0.1, 0.15) is 26.6 Å². The smallest absolute Gasteiger partial charge is 0.138 e. The van der Waals surface area contributed by atoms with E-state index in [1.165, 1.54) is 6.33 Å². The third-order valence-electron chi connectivity index (χ3n) is 2.70. The van der Waals surface area contributed by atoms with E-state index in [0.717, 1.165) is 12.4 Å². The fourth-order valence-corrected chi connectivity index (χ4v) is 1.89. The summed E-state index contributed by atoms with van der Waals surface area (Å²) in [6, 6.07) is 0. The van der Waals surface area contributed by atoms with E-state index in [2.05, 4.69) is 10.1 Å². The van der Waals surface area contributed by atoms with Crippen LogP contribution in [0.2, 0.25) is 0 Å². The van der Waals surface area contributed by atoms with Gasteiger partial charge in [0.15, 0.2) is 0 Å². The second-order valence-electron chi connectivity index (χ2n) is 4.21. The van der Waals surface area contributed by atoms with Gasteiger partial charge in [0.25, 0.3) is 0 Å². The molecule has 5 nitrogen and oxygen atoms in total. The van der Waals surface area contributed by atoms with Gasteiger partial charge in [0.05, 0.1) is 12.2 Å². The molecular formula is C11H21N3O2. The van der Waals surface area contributed by atoms with Gasteiger partial charge in [0.1, 0.15) is 12.2 Å². The summed E-state index contributed by atoms with van der Waals surface area (Å²) in [6.07, 6.45) is 1.29. The monoisotopic (exact) mass is 227 g/mol. The Balaban J connectivity index is 2.66. The van der Waals surface area contributed by atoms with Crippen LogP contribution in [0.25, 0.3) is 0 Å². The van der Waals surface area contributed by atoms with Gasteiger partial charge in [-0.25, -0.2) is 4.98 Å². The summed E-state index contributed by atoms with van der Waals surface area (Å²) in [7, 11) is 1.62. The van der Waals surface area contributed by atoms with Crippen molar-refractivity contribution in [1.82, 2.24) is 14.8 Å². The lowest BCUT2D eigenvalue weighted by Gasteiger charge is -2.24. The highest BCUT2D eigenvalue weighted by Crippen LogP contribution is 2.13. The highest BCUT2D eigenvalue weighted by Gasteiger charge is 2.24. The minimum Gasteiger partial charge on any atom is -0.390 e. The highest BCUT2D eigenvalue weighted by molar-refractivity contribution is 4.90. The molecule has 5 heteroatoms. The predicted octanol–water partition coefficient (Wildman–Crippen LogP) is 0.872. The van der Waals surface area contributed by atoms with E-state index in [4.69, 9.17) is 4.74 Å². The van der Waals surface area contributed by atoms with Gasteiger partial charge in [-0.3, -0.25) is 4.68 Å². The number of aliphatic hydroxyl groups excluding tert-OH is 1. The number of rotatable bonds is 6. The van der Waals surface area contributed by atoms with Crippen molar-refractivity contribution in [1.29, 1.82) is 0 Å². The molecule has 0 spiro atoms. The van der Waals surface area contributed by atoms with Crippen LogP contribution in [0.5, 0.6) is 0 Å². The number of nitrogens with zero attached hydrogens (tertiary/aromatic N) is 3. The number of ether oxygens (including phenoxy) is 1. The van der Waals surface area contributed by atoms with Crippen LogP contribution in [-0.4, -0.2) is 39.2 Å². The van der Waals surface area contributed by atoms with E-state index >= 15 is 0 Å². The number of aliphatic hydroxyl groups is 1. The van der Waals surface area contributed by atoms with Crippen molar-refractivity contribution in [2.45, 2.75) is 45.9 Å². The van der Waals surface area contributed by atoms with Crippen molar-refractivity contribution in [3.05, 3.63) is 12.2 Å². The van der Waals surface area contributed by atoms with Crippen LogP contribution in [0.15, 0.2) is 6.33 Å². The van der Waals surface area contributed by atoms with Crippen LogP contribution in [0.4, 0.5) is 0 Å². The van der Waals surface area contributed by atoms with E-state index in [1.807, 2.05) is 20.8 Å². The van der Waals surface area contributed by atoms with Crippen LogP contribution < -0.4 is 0 Å². The lowest BCUT2D eigenvalue weighted by molar-refractivity contribution is -0.0379. The minimum atomic E-state index is -0.542. The van der Waals surface area contributed by atoms with Crippen molar-refractivity contribution in [2.24, 2.45) is 5.92 Å². The Morgan fingerprint density at radius 1 is 1.50 bits per heavy atom. The molecule has 0 aromatic carbocycles. The molecule has 0 aliphatic carbocycles. The Hall–Kier alpha value is -0.940. The van der Waals surface area contributed by atoms with Crippen molar-refractivity contribution < 1.29 is 9.84 Å². The molecule has 2 atom stereocenters. The van der Waals surface area contributed by atoms with Crippen molar-refractivity contribution in [2.75, 3.05) is 7.11 Å². The minimum absolute atomic E-state index is 0.165. The lowest BCUT2D eigenvalue weighted by Crippen LogP contribution is -2.35. The van der Waals surface area contributed by atoms with Gasteiger partial charge in [0.2, 0.25) is 0 Å². The van der Waals surface area contributed by atoms with E-state index in [1.54, 1.807) is 11.8 Å². The van der Waals surface area contributed by atoms with Gasteiger partial charge < -0.3 is 9.84 Å². The first-order valence-corrected chi connectivity index (χ1v) is 5.67. The molecule has 1 heterocycles. The SMILES string of the molecule is CCn1ncnc1CC(O)C(OC)C(C)C. The quantitative estimate of drug-likeness (QED) is 0.783. The van der Waals surface area contributed by atoms with E-state index < -0.39 is 6.10 Å². The Labute approximate surface area is 96.5 Å². The molecule has 2 unspecified atom stereocenters. The van der Waals surface area contributed by atoms with Gasteiger partial charge in [-0.2, -0.15) is 5.10 Å². The van der Waals surface area contributed by atoms with Crippen LogP contribution in [-0.2, 0) is 17.7 Å². The first kappa shape index (κ1) is 13.1. The van der Waals surface area contributed by atoms with Gasteiger partial charge in [-0.05, 0) is 12.8 Å². The molecule has 16 heavy (non-hydrogen) atoms. The zero-order valence-corrected chi connectivity index (χ0v) is 10.4. The van der Waals surface area contributed by atoms with E-state index in [0.29, 0.717) is 6.42 Å². The summed E-state index contributed by atoms with van der Waals surface area (Å²) in [5.74, 6) is 1.08. The number of aromatic nitrogens is 3. The molecule has 0 fully saturated rings. The lowest BCUT2D eigenvalue weighted by atomic mass is 9.99. The number of aryl methyl sites for hydroxylation is 1. The van der Waals surface area contributed by atoms with Gasteiger partial charge in [0, 0.05) is 20.1 Å². The summed E-state index contributed by atoms with van der Waals surface area (Å²) in [5.41, 5.74) is 0. The maximum atomic E-state index is 10.1. The fourth-order valence-electron chi connectivity index (χ4n) is 1.89. The van der Waals surface area contributed by atoms with Gasteiger partial charge >= 0.3 is 0 Å². The second-order valence-corrected chi connectivity index (χ2v) is 4.21. The molecule has 0 amide bonds. The summed E-state index contributed by atoms with van der Waals surface area (Å²) in [4.78, 5) is 4.14. The molecule has 0 saturated heterocycles. The summed E-state index contributed by atoms with van der Waals surface area (Å²) < 4.78 is 7.08. The normalized spacial score (nSPS) is 15.4. The van der Waals surface area contributed by atoms with Crippen molar-refractivity contribution in [3.8, 4) is 0 Å². The van der Waals surface area contributed by atoms with Crippen molar-refractivity contribution in [3.63, 3.8) is 0 Å². The Kier molecular flexibility index (Phi) is 4.89. The van der Waals surface area contributed by atoms with E-state index in [9.17, 15) is 5.11 Å². The Morgan fingerprint density at radius 3 is 2.69 bits per heavy atom. The zero-order chi connectivity index (χ0) is 12.1. The number of hydrogen-bond donors (Lipinski definition) is 1. The molecule has 1 aromatic heterocycles. The van der Waals surface area contributed by atoms with Gasteiger partial charge in [-0.1, -0.05) is 13.8 Å². The molecule has 0 radical (unpaired) electrons. The fraction of sp³-hybridized carbons (Fsp3) is 0.818. The van der Waals surface area contributed by atoms with Crippen molar-refractivity contribution >= 4 is 0 Å². The predicted molar refractivity (Wildman–Crippen MR) is 61.0 cm³/mol. The van der Waals surface area contributed by atoms with Crippen LogP contribution >= 0.6 is 0 Å². The topological polar surface area (TPSA) is 60.2 Å². The first-order valence-electron chi connectivity index (χ1n) is 5.67. The maximum absolute atomic E-state index is 10.1. The number of methoxy groups -OCH3 is 1. The summed E-state index contributed by atoms with van der Waals surface area (Å²) >= 11 is 0. The molecule has 0 aliphatic heterocycles. The summed E-state index contributed by atoms with van der Waals surface area (Å²) in [5, 5.41) is 14.1. The zero-order valence-electron chi connectivity index (χ0n) is 10.4. The van der Waals surface area contributed by atoms with E-state index in [-0.39, 0.29) is 12.0 Å². The molecule has 1 aromatic rings. The number of hydrogen-bond acceptors (Lipinski definition) is 4. The Bertz CT molecular complexity index is 312. The summed E-state index contributed by atoms with van der Waals surface area (Å²) in [6.45, 7) is 6.83. The molecule has 1 N–H and O–H groups in total. The Morgan fingerprint density at radius 2 is 2.19 bits per heavy atom. The molecule has 0 aliphatic rings. The maximum Gasteiger partial charge on any atom is 0.138 e. The molecule has 0 saturated carbocycles. The third-order valence-corrected chi connectivity index (χ3v) is 2.70. The van der Waals surface area contributed by atoms with Crippen LogP contribution in [0, 0.1) is 5.92 Å². The molecule has 0 bridgehead atoms. The third kappa shape index (κ3) is 3.02. The van der Waals surface area contributed by atoms with Gasteiger partial charge in [-0.15, -0.1) is 0 Å². The largest absolute Gasteiger partial charge is 0.390 e. The molecule has 1 rings (SSSR count). The average molecular weight is 227 g/mol. The standard InChI is InChI=1S/C11H21N3O2/c1-5-14-10(12-7-13-14)6-9(15)11(16-4)8(2)3/h7-9,11,15H,5-6H2,1-4H3. The molecular weight excluding hydrogens is 206 g/mol. The second kappa shape index (κ2) is 5.96. The average Bonchev–Trinajstić information content (AvgIpc) is 2.65. The van der Waals surface area contributed by atoms with Crippen LogP contribution in [0.3, 0.4) is 0 Å². The highest BCUT2D eigenvalue weighted by atomic mass is 16.5.